The highest BCUT2D eigenvalue weighted by atomic mass is 16.5. The van der Waals surface area contributed by atoms with Crippen molar-refractivity contribution in [3.63, 3.8) is 0 Å². The Morgan fingerprint density at radius 1 is 1.33 bits per heavy atom. The van der Waals surface area contributed by atoms with Crippen LogP contribution in [0, 0.1) is 13.8 Å². The Hall–Kier alpha value is -1.55. The second-order valence-electron chi connectivity index (χ2n) is 4.47. The summed E-state index contributed by atoms with van der Waals surface area (Å²) in [6, 6.07) is 5.64. The highest BCUT2D eigenvalue weighted by Crippen LogP contribution is 2.15. The molecular formula is C14H21NO3. The molecule has 0 aromatic heterocycles. The topological polar surface area (TPSA) is 58.6 Å². The lowest BCUT2D eigenvalue weighted by molar-refractivity contribution is -0.124. The van der Waals surface area contributed by atoms with Crippen LogP contribution < -0.4 is 10.1 Å². The molecule has 0 heterocycles. The van der Waals surface area contributed by atoms with E-state index in [0.717, 1.165) is 11.1 Å². The fourth-order valence-corrected chi connectivity index (χ4v) is 1.71. The van der Waals surface area contributed by atoms with Gasteiger partial charge < -0.3 is 15.2 Å². The molecule has 18 heavy (non-hydrogen) atoms. The van der Waals surface area contributed by atoms with E-state index in [2.05, 4.69) is 5.32 Å². The van der Waals surface area contributed by atoms with Crippen molar-refractivity contribution < 1.29 is 14.6 Å². The van der Waals surface area contributed by atoms with Crippen LogP contribution in [0.1, 0.15) is 24.5 Å². The minimum absolute atomic E-state index is 0.0284. The number of hydrogen-bond acceptors (Lipinski definition) is 3. The van der Waals surface area contributed by atoms with Gasteiger partial charge in [0, 0.05) is 0 Å². The van der Waals surface area contributed by atoms with Crippen LogP contribution >= 0.6 is 0 Å². The molecule has 0 aliphatic carbocycles. The Kier molecular flexibility index (Phi) is 5.65. The summed E-state index contributed by atoms with van der Waals surface area (Å²) in [6.07, 6.45) is 0.700. The Labute approximate surface area is 108 Å². The molecule has 0 spiro atoms. The van der Waals surface area contributed by atoms with Gasteiger partial charge in [-0.15, -0.1) is 0 Å². The summed E-state index contributed by atoms with van der Waals surface area (Å²) < 4.78 is 5.43. The van der Waals surface area contributed by atoms with Gasteiger partial charge in [0.15, 0.2) is 6.61 Å². The maximum Gasteiger partial charge on any atom is 0.258 e. The van der Waals surface area contributed by atoms with Crippen LogP contribution in [-0.4, -0.2) is 30.3 Å². The molecule has 100 valence electrons. The van der Waals surface area contributed by atoms with E-state index in [1.54, 1.807) is 0 Å². The molecule has 1 atom stereocenters. The van der Waals surface area contributed by atoms with Gasteiger partial charge in [0.05, 0.1) is 12.6 Å². The monoisotopic (exact) mass is 251 g/mol. The van der Waals surface area contributed by atoms with Crippen LogP contribution in [0.2, 0.25) is 0 Å². The molecule has 0 bridgehead atoms. The lowest BCUT2D eigenvalue weighted by Crippen LogP contribution is -2.39. The molecule has 0 aliphatic rings. The number of aliphatic hydroxyl groups excluding tert-OH is 1. The summed E-state index contributed by atoms with van der Waals surface area (Å²) in [5.41, 5.74) is 2.21. The van der Waals surface area contributed by atoms with Gasteiger partial charge >= 0.3 is 0 Å². The Morgan fingerprint density at radius 2 is 1.94 bits per heavy atom. The van der Waals surface area contributed by atoms with Gasteiger partial charge in [-0.05, 0) is 43.5 Å². The van der Waals surface area contributed by atoms with E-state index >= 15 is 0 Å². The predicted molar refractivity (Wildman–Crippen MR) is 70.7 cm³/mol. The molecule has 1 aromatic rings. The van der Waals surface area contributed by atoms with E-state index in [1.165, 1.54) is 0 Å². The van der Waals surface area contributed by atoms with E-state index in [1.807, 2.05) is 39.0 Å². The molecule has 0 radical (unpaired) electrons. The summed E-state index contributed by atoms with van der Waals surface area (Å²) in [5.74, 6) is 0.481. The van der Waals surface area contributed by atoms with Gasteiger partial charge in [-0.1, -0.05) is 13.0 Å². The van der Waals surface area contributed by atoms with Gasteiger partial charge in [0.25, 0.3) is 5.91 Å². The van der Waals surface area contributed by atoms with Crippen molar-refractivity contribution in [3.8, 4) is 5.75 Å². The van der Waals surface area contributed by atoms with Crippen molar-refractivity contribution >= 4 is 5.91 Å². The maximum absolute atomic E-state index is 11.6. The molecule has 0 saturated heterocycles. The third-order valence-electron chi connectivity index (χ3n) is 2.64. The lowest BCUT2D eigenvalue weighted by atomic mass is 10.1. The molecule has 1 rings (SSSR count). The SMILES string of the molecule is CCC(CO)NC(=O)COc1cc(C)cc(C)c1. The summed E-state index contributed by atoms with van der Waals surface area (Å²) in [5, 5.41) is 11.7. The number of rotatable bonds is 6. The van der Waals surface area contributed by atoms with Gasteiger partial charge in [0.1, 0.15) is 5.75 Å². The summed E-state index contributed by atoms with van der Waals surface area (Å²) in [6.45, 7) is 5.80. The molecular weight excluding hydrogens is 230 g/mol. The zero-order chi connectivity index (χ0) is 13.5. The van der Waals surface area contributed by atoms with Crippen LogP contribution in [0.15, 0.2) is 18.2 Å². The number of aryl methyl sites for hydroxylation is 2. The number of ether oxygens (including phenoxy) is 1. The number of hydrogen-bond donors (Lipinski definition) is 2. The average molecular weight is 251 g/mol. The zero-order valence-corrected chi connectivity index (χ0v) is 11.2. The molecule has 1 amide bonds. The largest absolute Gasteiger partial charge is 0.484 e. The number of aliphatic hydroxyl groups is 1. The van der Waals surface area contributed by atoms with Gasteiger partial charge in [0.2, 0.25) is 0 Å². The normalized spacial score (nSPS) is 12.0. The van der Waals surface area contributed by atoms with Crippen LogP contribution in [0.3, 0.4) is 0 Å². The fraction of sp³-hybridized carbons (Fsp3) is 0.500. The highest BCUT2D eigenvalue weighted by molar-refractivity contribution is 5.77. The number of carbonyl (C=O) groups is 1. The van der Waals surface area contributed by atoms with Gasteiger partial charge in [-0.2, -0.15) is 0 Å². The molecule has 0 fully saturated rings. The van der Waals surface area contributed by atoms with Crippen molar-refractivity contribution in [1.29, 1.82) is 0 Å². The van der Waals surface area contributed by atoms with Crippen molar-refractivity contribution in [1.82, 2.24) is 5.32 Å². The summed E-state index contributed by atoms with van der Waals surface area (Å²) in [7, 11) is 0. The van der Waals surface area contributed by atoms with Gasteiger partial charge in [-0.3, -0.25) is 4.79 Å². The quantitative estimate of drug-likeness (QED) is 0.807. The lowest BCUT2D eigenvalue weighted by Gasteiger charge is -2.14. The fourth-order valence-electron chi connectivity index (χ4n) is 1.71. The van der Waals surface area contributed by atoms with E-state index in [0.29, 0.717) is 12.2 Å². The zero-order valence-electron chi connectivity index (χ0n) is 11.2. The second kappa shape index (κ2) is 7.01. The summed E-state index contributed by atoms with van der Waals surface area (Å²) >= 11 is 0. The van der Waals surface area contributed by atoms with Gasteiger partial charge in [-0.25, -0.2) is 0 Å². The molecule has 4 nitrogen and oxygen atoms in total. The van der Waals surface area contributed by atoms with E-state index in [-0.39, 0.29) is 25.2 Å². The molecule has 4 heteroatoms. The first-order valence-electron chi connectivity index (χ1n) is 6.16. The molecule has 2 N–H and O–H groups in total. The van der Waals surface area contributed by atoms with Crippen molar-refractivity contribution in [2.45, 2.75) is 33.2 Å². The predicted octanol–water partition coefficient (Wildman–Crippen LogP) is 1.57. The Morgan fingerprint density at radius 3 is 2.44 bits per heavy atom. The standard InChI is InChI=1S/C14H21NO3/c1-4-12(8-16)15-14(17)9-18-13-6-10(2)5-11(3)7-13/h5-7,12,16H,4,8-9H2,1-3H3,(H,15,17). The third kappa shape index (κ3) is 4.75. The van der Waals surface area contributed by atoms with Crippen LogP contribution in [-0.2, 0) is 4.79 Å². The number of amides is 1. The van der Waals surface area contributed by atoms with Crippen molar-refractivity contribution in [2.75, 3.05) is 13.2 Å². The number of nitrogens with one attached hydrogen (secondary N) is 1. The van der Waals surface area contributed by atoms with E-state index < -0.39 is 0 Å². The third-order valence-corrected chi connectivity index (χ3v) is 2.64. The molecule has 0 aliphatic heterocycles. The van der Waals surface area contributed by atoms with Crippen LogP contribution in [0.4, 0.5) is 0 Å². The average Bonchev–Trinajstić information content (AvgIpc) is 2.32. The molecule has 1 aromatic carbocycles. The Bertz CT molecular complexity index is 380. The maximum atomic E-state index is 11.6. The minimum atomic E-state index is -0.213. The van der Waals surface area contributed by atoms with Crippen molar-refractivity contribution in [3.05, 3.63) is 29.3 Å². The molecule has 1 unspecified atom stereocenters. The number of carbonyl (C=O) groups excluding carboxylic acids is 1. The van der Waals surface area contributed by atoms with Crippen LogP contribution in [0.5, 0.6) is 5.75 Å². The minimum Gasteiger partial charge on any atom is -0.484 e. The second-order valence-corrected chi connectivity index (χ2v) is 4.47. The molecule has 0 saturated carbocycles. The number of benzene rings is 1. The highest BCUT2D eigenvalue weighted by Gasteiger charge is 2.09. The van der Waals surface area contributed by atoms with Crippen molar-refractivity contribution in [2.24, 2.45) is 0 Å². The first kappa shape index (κ1) is 14.5. The summed E-state index contributed by atoms with van der Waals surface area (Å²) in [4.78, 5) is 11.6. The first-order chi connectivity index (χ1) is 8.55. The smallest absolute Gasteiger partial charge is 0.258 e. The van der Waals surface area contributed by atoms with E-state index in [9.17, 15) is 4.79 Å². The van der Waals surface area contributed by atoms with E-state index in [4.69, 9.17) is 9.84 Å². The van der Waals surface area contributed by atoms with Crippen LogP contribution in [0.25, 0.3) is 0 Å². The first-order valence-corrected chi connectivity index (χ1v) is 6.16. The Balaban J connectivity index is 2.47.